The van der Waals surface area contributed by atoms with Crippen molar-refractivity contribution in [3.05, 3.63) is 12.7 Å². The Morgan fingerprint density at radius 2 is 2.00 bits per heavy atom. The molecule has 0 aromatic carbocycles. The summed E-state index contributed by atoms with van der Waals surface area (Å²) in [6.45, 7) is 10.3. The van der Waals surface area contributed by atoms with Crippen LogP contribution in [0.25, 0.3) is 0 Å². The highest BCUT2D eigenvalue weighted by Crippen LogP contribution is 2.17. The van der Waals surface area contributed by atoms with Gasteiger partial charge in [-0.25, -0.2) is 0 Å². The van der Waals surface area contributed by atoms with Gasteiger partial charge in [0.1, 0.15) is 0 Å². The first kappa shape index (κ1) is 15.2. The van der Waals surface area contributed by atoms with Crippen LogP contribution in [0, 0.1) is 5.41 Å². The minimum atomic E-state index is -0.430. The summed E-state index contributed by atoms with van der Waals surface area (Å²) < 4.78 is 0. The molecule has 0 aliphatic heterocycles. The van der Waals surface area contributed by atoms with Gasteiger partial charge in [0.2, 0.25) is 5.91 Å². The molecular formula is C13H26N2O. The highest BCUT2D eigenvalue weighted by molar-refractivity contribution is 5.82. The van der Waals surface area contributed by atoms with E-state index in [4.69, 9.17) is 5.73 Å². The van der Waals surface area contributed by atoms with Crippen LogP contribution in [0.1, 0.15) is 46.5 Å². The second-order valence-corrected chi connectivity index (χ2v) is 5.27. The first-order valence-corrected chi connectivity index (χ1v) is 6.03. The molecule has 0 spiro atoms. The van der Waals surface area contributed by atoms with Gasteiger partial charge in [-0.15, -0.1) is 6.58 Å². The third kappa shape index (κ3) is 6.62. The van der Waals surface area contributed by atoms with Gasteiger partial charge in [0.25, 0.3) is 0 Å². The summed E-state index contributed by atoms with van der Waals surface area (Å²) in [4.78, 5) is 11.6. The Balaban J connectivity index is 3.62. The third-order valence-corrected chi connectivity index (χ3v) is 2.60. The first-order valence-electron chi connectivity index (χ1n) is 6.03. The second-order valence-electron chi connectivity index (χ2n) is 5.27. The number of rotatable bonds is 7. The van der Waals surface area contributed by atoms with E-state index >= 15 is 0 Å². The van der Waals surface area contributed by atoms with Crippen LogP contribution in [0.2, 0.25) is 0 Å². The highest BCUT2D eigenvalue weighted by Gasteiger charge is 2.26. The molecule has 94 valence electrons. The molecule has 1 amide bonds. The van der Waals surface area contributed by atoms with Crippen LogP contribution >= 0.6 is 0 Å². The van der Waals surface area contributed by atoms with Crippen LogP contribution in [0.15, 0.2) is 12.7 Å². The van der Waals surface area contributed by atoms with Crippen molar-refractivity contribution in [2.24, 2.45) is 11.1 Å². The Kier molecular flexibility index (Phi) is 7.06. The van der Waals surface area contributed by atoms with Crippen LogP contribution in [-0.4, -0.2) is 18.5 Å². The molecule has 0 fully saturated rings. The number of hydrogen-bond donors (Lipinski definition) is 2. The van der Waals surface area contributed by atoms with Crippen molar-refractivity contribution in [2.75, 3.05) is 6.54 Å². The van der Waals surface area contributed by atoms with Crippen molar-refractivity contribution < 1.29 is 4.79 Å². The standard InChI is InChI=1S/C13H26N2O/c1-5-6-7-8-9-10-15-12(16)11(14)13(2,3)4/h5,11H,1,6-10,14H2,2-4H3,(H,15,16)/t11-/m1/s1. The van der Waals surface area contributed by atoms with E-state index in [2.05, 4.69) is 11.9 Å². The molecule has 0 aromatic rings. The first-order chi connectivity index (χ1) is 7.39. The number of carbonyl (C=O) groups excluding carboxylic acids is 1. The lowest BCUT2D eigenvalue weighted by Gasteiger charge is -2.25. The number of unbranched alkanes of at least 4 members (excludes halogenated alkanes) is 3. The average molecular weight is 226 g/mol. The Labute approximate surface area is 99.5 Å². The van der Waals surface area contributed by atoms with E-state index in [1.807, 2.05) is 26.8 Å². The molecule has 0 aliphatic carbocycles. The number of hydrogen-bond acceptors (Lipinski definition) is 2. The Morgan fingerprint density at radius 1 is 1.38 bits per heavy atom. The van der Waals surface area contributed by atoms with E-state index in [1.54, 1.807) is 0 Å². The fourth-order valence-electron chi connectivity index (χ4n) is 1.31. The molecule has 16 heavy (non-hydrogen) atoms. The number of nitrogens with two attached hydrogens (primary N) is 1. The van der Waals surface area contributed by atoms with Crippen molar-refractivity contribution >= 4 is 5.91 Å². The lowest BCUT2D eigenvalue weighted by Crippen LogP contribution is -2.48. The topological polar surface area (TPSA) is 55.1 Å². The fraction of sp³-hybridized carbons (Fsp3) is 0.769. The summed E-state index contributed by atoms with van der Waals surface area (Å²) in [7, 11) is 0. The molecule has 1 atom stereocenters. The minimum absolute atomic E-state index is 0.0452. The summed E-state index contributed by atoms with van der Waals surface area (Å²) in [5, 5.41) is 2.88. The SMILES string of the molecule is C=CCCCCCNC(=O)[C@@H](N)C(C)(C)C. The van der Waals surface area contributed by atoms with Gasteiger partial charge in [-0.3, -0.25) is 4.79 Å². The van der Waals surface area contributed by atoms with E-state index < -0.39 is 6.04 Å². The monoisotopic (exact) mass is 226 g/mol. The maximum absolute atomic E-state index is 11.6. The maximum Gasteiger partial charge on any atom is 0.237 e. The van der Waals surface area contributed by atoms with E-state index in [-0.39, 0.29) is 11.3 Å². The Morgan fingerprint density at radius 3 is 2.50 bits per heavy atom. The molecule has 0 rings (SSSR count). The van der Waals surface area contributed by atoms with E-state index in [0.717, 1.165) is 32.2 Å². The van der Waals surface area contributed by atoms with Crippen molar-refractivity contribution in [2.45, 2.75) is 52.5 Å². The van der Waals surface area contributed by atoms with Crippen LogP contribution in [0.3, 0.4) is 0 Å². The van der Waals surface area contributed by atoms with Gasteiger partial charge in [0.05, 0.1) is 6.04 Å². The van der Waals surface area contributed by atoms with Crippen LogP contribution in [-0.2, 0) is 4.79 Å². The molecule has 0 heterocycles. The molecule has 0 aromatic heterocycles. The number of amides is 1. The summed E-state index contributed by atoms with van der Waals surface area (Å²) in [5.74, 6) is -0.0452. The largest absolute Gasteiger partial charge is 0.355 e. The molecule has 0 bridgehead atoms. The predicted octanol–water partition coefficient (Wildman–Crippen LogP) is 2.22. The fourth-order valence-corrected chi connectivity index (χ4v) is 1.31. The van der Waals surface area contributed by atoms with Crippen LogP contribution < -0.4 is 11.1 Å². The van der Waals surface area contributed by atoms with Crippen molar-refractivity contribution in [3.8, 4) is 0 Å². The van der Waals surface area contributed by atoms with Crippen molar-refractivity contribution in [3.63, 3.8) is 0 Å². The number of nitrogens with one attached hydrogen (secondary N) is 1. The lowest BCUT2D eigenvalue weighted by atomic mass is 9.87. The average Bonchev–Trinajstić information content (AvgIpc) is 2.20. The zero-order chi connectivity index (χ0) is 12.6. The normalized spacial score (nSPS) is 13.2. The molecule has 3 N–H and O–H groups in total. The molecule has 0 saturated heterocycles. The van der Waals surface area contributed by atoms with Gasteiger partial charge in [-0.2, -0.15) is 0 Å². The second kappa shape index (κ2) is 7.44. The summed E-state index contributed by atoms with van der Waals surface area (Å²) >= 11 is 0. The minimum Gasteiger partial charge on any atom is -0.355 e. The van der Waals surface area contributed by atoms with E-state index in [9.17, 15) is 4.79 Å². The summed E-state index contributed by atoms with van der Waals surface area (Å²) in [5.41, 5.74) is 5.66. The summed E-state index contributed by atoms with van der Waals surface area (Å²) in [6.07, 6.45) is 6.25. The van der Waals surface area contributed by atoms with E-state index in [0.29, 0.717) is 0 Å². The van der Waals surface area contributed by atoms with Gasteiger partial charge in [-0.05, 0) is 24.7 Å². The van der Waals surface area contributed by atoms with Gasteiger partial charge >= 0.3 is 0 Å². The Hall–Kier alpha value is -0.830. The molecule has 0 radical (unpaired) electrons. The lowest BCUT2D eigenvalue weighted by molar-refractivity contribution is -0.124. The van der Waals surface area contributed by atoms with Crippen LogP contribution in [0.4, 0.5) is 0 Å². The van der Waals surface area contributed by atoms with Gasteiger partial charge < -0.3 is 11.1 Å². The van der Waals surface area contributed by atoms with Gasteiger partial charge in [0.15, 0.2) is 0 Å². The smallest absolute Gasteiger partial charge is 0.237 e. The number of allylic oxidation sites excluding steroid dienone is 1. The van der Waals surface area contributed by atoms with Crippen LogP contribution in [0.5, 0.6) is 0 Å². The van der Waals surface area contributed by atoms with Gasteiger partial charge in [-0.1, -0.05) is 33.3 Å². The Bertz CT molecular complexity index is 218. The number of carbonyl (C=O) groups is 1. The summed E-state index contributed by atoms with van der Waals surface area (Å²) in [6, 6.07) is -0.430. The zero-order valence-corrected chi connectivity index (χ0v) is 10.9. The molecule has 3 heteroatoms. The third-order valence-electron chi connectivity index (χ3n) is 2.60. The quantitative estimate of drug-likeness (QED) is 0.516. The highest BCUT2D eigenvalue weighted by atomic mass is 16.2. The van der Waals surface area contributed by atoms with Crippen molar-refractivity contribution in [1.29, 1.82) is 0 Å². The predicted molar refractivity (Wildman–Crippen MR) is 69.1 cm³/mol. The molecular weight excluding hydrogens is 200 g/mol. The van der Waals surface area contributed by atoms with Crippen molar-refractivity contribution in [1.82, 2.24) is 5.32 Å². The van der Waals surface area contributed by atoms with E-state index in [1.165, 1.54) is 0 Å². The molecule has 3 nitrogen and oxygen atoms in total. The van der Waals surface area contributed by atoms with Gasteiger partial charge in [0, 0.05) is 6.54 Å². The molecule has 0 aliphatic rings. The molecule has 0 saturated carbocycles. The molecule has 0 unspecified atom stereocenters. The zero-order valence-electron chi connectivity index (χ0n) is 10.9. The maximum atomic E-state index is 11.6.